The summed E-state index contributed by atoms with van der Waals surface area (Å²) in [6.07, 6.45) is 4.92. The number of carboxylic acids is 1. The first kappa shape index (κ1) is 13.0. The fourth-order valence-corrected chi connectivity index (χ4v) is 2.01. The first-order valence-corrected chi connectivity index (χ1v) is 6.26. The molecule has 1 aromatic rings. The number of benzene rings is 1. The number of hydrogen-bond acceptors (Lipinski definition) is 2. The largest absolute Gasteiger partial charge is 0.478 e. The monoisotopic (exact) mass is 252 g/mol. The van der Waals surface area contributed by atoms with Crippen molar-refractivity contribution in [1.82, 2.24) is 0 Å². The molecule has 0 radical (unpaired) electrons. The van der Waals surface area contributed by atoms with Crippen LogP contribution in [0.1, 0.15) is 41.6 Å². The van der Waals surface area contributed by atoms with Gasteiger partial charge in [0.2, 0.25) is 0 Å². The summed E-state index contributed by atoms with van der Waals surface area (Å²) in [7, 11) is 0. The Kier molecular flexibility index (Phi) is 4.31. The number of hydrogen-bond donors (Lipinski definition) is 1. The molecule has 0 amide bonds. The highest BCUT2D eigenvalue weighted by Gasteiger charge is 2.16. The lowest BCUT2D eigenvalue weighted by atomic mass is 9.83. The summed E-state index contributed by atoms with van der Waals surface area (Å²) in [4.78, 5) is 10.6. The molecular formula is C14H17FO3. The van der Waals surface area contributed by atoms with E-state index in [2.05, 4.69) is 0 Å². The summed E-state index contributed by atoms with van der Waals surface area (Å²) in [5, 5.41) is 8.71. The van der Waals surface area contributed by atoms with E-state index in [0.717, 1.165) is 18.4 Å². The third kappa shape index (κ3) is 3.29. The van der Waals surface area contributed by atoms with Crippen LogP contribution in [0.25, 0.3) is 0 Å². The Hall–Kier alpha value is -1.42. The third-order valence-electron chi connectivity index (χ3n) is 3.45. The molecule has 0 unspecified atom stereocenters. The lowest BCUT2D eigenvalue weighted by Gasteiger charge is -2.24. The average molecular weight is 252 g/mol. The Labute approximate surface area is 106 Å². The van der Waals surface area contributed by atoms with E-state index in [1.807, 2.05) is 0 Å². The predicted octanol–water partition coefficient (Wildman–Crippen LogP) is 3.23. The highest BCUT2D eigenvalue weighted by Crippen LogP contribution is 2.29. The van der Waals surface area contributed by atoms with Crippen LogP contribution in [-0.2, 0) is 11.3 Å². The van der Waals surface area contributed by atoms with Gasteiger partial charge < -0.3 is 9.84 Å². The molecule has 1 saturated carbocycles. The molecule has 1 aliphatic rings. The van der Waals surface area contributed by atoms with Gasteiger partial charge in [0.05, 0.1) is 12.2 Å². The molecule has 1 N–H and O–H groups in total. The lowest BCUT2D eigenvalue weighted by Crippen LogP contribution is -2.13. The zero-order valence-corrected chi connectivity index (χ0v) is 10.2. The highest BCUT2D eigenvalue weighted by atomic mass is 19.1. The lowest BCUT2D eigenvalue weighted by molar-refractivity contribution is 0.0695. The van der Waals surface area contributed by atoms with Crippen LogP contribution in [0.4, 0.5) is 4.39 Å². The molecular weight excluding hydrogens is 235 g/mol. The predicted molar refractivity (Wildman–Crippen MR) is 65.0 cm³/mol. The summed E-state index contributed by atoms with van der Waals surface area (Å²) >= 11 is 0. The minimum absolute atomic E-state index is 0.0364. The second kappa shape index (κ2) is 5.96. The molecule has 4 heteroatoms. The minimum atomic E-state index is -1.12. The van der Waals surface area contributed by atoms with Crippen molar-refractivity contribution in [2.45, 2.75) is 32.3 Å². The summed E-state index contributed by atoms with van der Waals surface area (Å²) in [5.74, 6) is -0.853. The number of rotatable bonds is 6. The molecule has 0 bridgehead atoms. The number of carboxylic acid groups (broad SMARTS) is 1. The van der Waals surface area contributed by atoms with E-state index in [1.165, 1.54) is 31.4 Å². The van der Waals surface area contributed by atoms with E-state index in [4.69, 9.17) is 9.84 Å². The van der Waals surface area contributed by atoms with Gasteiger partial charge in [0.15, 0.2) is 0 Å². The van der Waals surface area contributed by atoms with Crippen LogP contribution >= 0.6 is 0 Å². The van der Waals surface area contributed by atoms with Crippen molar-refractivity contribution in [3.63, 3.8) is 0 Å². The summed E-state index contributed by atoms with van der Waals surface area (Å²) < 4.78 is 19.0. The van der Waals surface area contributed by atoms with Gasteiger partial charge in [0.1, 0.15) is 5.82 Å². The zero-order valence-electron chi connectivity index (χ0n) is 10.2. The third-order valence-corrected chi connectivity index (χ3v) is 3.45. The van der Waals surface area contributed by atoms with Gasteiger partial charge in [-0.3, -0.25) is 0 Å². The maximum Gasteiger partial charge on any atom is 0.335 e. The summed E-state index contributed by atoms with van der Waals surface area (Å²) in [5.41, 5.74) is 0.374. The van der Waals surface area contributed by atoms with Crippen molar-refractivity contribution in [3.05, 3.63) is 35.1 Å². The Balaban J connectivity index is 1.79. The smallest absolute Gasteiger partial charge is 0.335 e. The van der Waals surface area contributed by atoms with E-state index in [9.17, 15) is 9.18 Å². The van der Waals surface area contributed by atoms with E-state index in [1.54, 1.807) is 0 Å². The SMILES string of the molecule is O=C(O)c1ccc(COCCC2CCC2)c(F)c1. The van der Waals surface area contributed by atoms with Crippen molar-refractivity contribution in [3.8, 4) is 0 Å². The maximum absolute atomic E-state index is 13.5. The molecule has 3 nitrogen and oxygen atoms in total. The van der Waals surface area contributed by atoms with Crippen molar-refractivity contribution in [1.29, 1.82) is 0 Å². The van der Waals surface area contributed by atoms with Crippen molar-refractivity contribution in [2.24, 2.45) is 5.92 Å². The first-order valence-electron chi connectivity index (χ1n) is 6.26. The molecule has 0 heterocycles. The maximum atomic E-state index is 13.5. The Morgan fingerprint density at radius 3 is 2.78 bits per heavy atom. The molecule has 0 atom stereocenters. The van der Waals surface area contributed by atoms with Crippen LogP contribution in [0.15, 0.2) is 18.2 Å². The van der Waals surface area contributed by atoms with Gasteiger partial charge >= 0.3 is 5.97 Å². The van der Waals surface area contributed by atoms with E-state index >= 15 is 0 Å². The molecule has 0 aromatic heterocycles. The second-order valence-corrected chi connectivity index (χ2v) is 4.75. The van der Waals surface area contributed by atoms with Gasteiger partial charge in [-0.15, -0.1) is 0 Å². The fourth-order valence-electron chi connectivity index (χ4n) is 2.01. The minimum Gasteiger partial charge on any atom is -0.478 e. The van der Waals surface area contributed by atoms with Gasteiger partial charge in [-0.05, 0) is 24.5 Å². The molecule has 2 rings (SSSR count). The van der Waals surface area contributed by atoms with Crippen LogP contribution in [0.5, 0.6) is 0 Å². The molecule has 0 spiro atoms. The second-order valence-electron chi connectivity index (χ2n) is 4.75. The highest BCUT2D eigenvalue weighted by molar-refractivity contribution is 5.87. The number of carbonyl (C=O) groups is 1. The molecule has 0 saturated heterocycles. The topological polar surface area (TPSA) is 46.5 Å². The van der Waals surface area contributed by atoms with Crippen LogP contribution in [0, 0.1) is 11.7 Å². The average Bonchev–Trinajstić information content (AvgIpc) is 2.28. The normalized spacial score (nSPS) is 15.4. The molecule has 98 valence electrons. The first-order chi connectivity index (χ1) is 8.66. The van der Waals surface area contributed by atoms with Crippen molar-refractivity contribution in [2.75, 3.05) is 6.61 Å². The van der Waals surface area contributed by atoms with Crippen LogP contribution in [-0.4, -0.2) is 17.7 Å². The summed E-state index contributed by atoms with van der Waals surface area (Å²) in [6.45, 7) is 0.850. The number of aromatic carboxylic acids is 1. The Bertz CT molecular complexity index is 427. The summed E-state index contributed by atoms with van der Waals surface area (Å²) in [6, 6.07) is 3.91. The van der Waals surface area contributed by atoms with Crippen LogP contribution < -0.4 is 0 Å². The molecule has 18 heavy (non-hydrogen) atoms. The number of ether oxygens (including phenoxy) is 1. The standard InChI is InChI=1S/C14H17FO3/c15-13-8-11(14(16)17)4-5-12(13)9-18-7-6-10-2-1-3-10/h4-5,8,10H,1-3,6-7,9H2,(H,16,17). The molecule has 1 aliphatic carbocycles. The van der Waals surface area contributed by atoms with Gasteiger partial charge in [-0.25, -0.2) is 9.18 Å². The van der Waals surface area contributed by atoms with Gasteiger partial charge in [0, 0.05) is 12.2 Å². The van der Waals surface area contributed by atoms with Crippen LogP contribution in [0.3, 0.4) is 0 Å². The van der Waals surface area contributed by atoms with E-state index < -0.39 is 11.8 Å². The van der Waals surface area contributed by atoms with Gasteiger partial charge in [0.25, 0.3) is 0 Å². The van der Waals surface area contributed by atoms with Gasteiger partial charge in [-0.2, -0.15) is 0 Å². The van der Waals surface area contributed by atoms with Gasteiger partial charge in [-0.1, -0.05) is 25.3 Å². The Morgan fingerprint density at radius 1 is 1.44 bits per heavy atom. The van der Waals surface area contributed by atoms with Crippen LogP contribution in [0.2, 0.25) is 0 Å². The molecule has 0 aliphatic heterocycles. The Morgan fingerprint density at radius 2 is 2.22 bits per heavy atom. The fraction of sp³-hybridized carbons (Fsp3) is 0.500. The molecule has 1 aromatic carbocycles. The van der Waals surface area contributed by atoms with Crippen molar-refractivity contribution >= 4 is 5.97 Å². The van der Waals surface area contributed by atoms with Crippen molar-refractivity contribution < 1.29 is 19.0 Å². The van der Waals surface area contributed by atoms with E-state index in [0.29, 0.717) is 12.2 Å². The van der Waals surface area contributed by atoms with E-state index in [-0.39, 0.29) is 12.2 Å². The quantitative estimate of drug-likeness (QED) is 0.791. The zero-order chi connectivity index (χ0) is 13.0. The number of halogens is 1. The molecule has 1 fully saturated rings.